The molecular formula is C28H35N5O5S. The molecule has 3 aromatic rings. The molecule has 3 N–H and O–H groups in total. The van der Waals surface area contributed by atoms with Gasteiger partial charge in [-0.05, 0) is 56.8 Å². The number of nitrogens with two attached hydrogens (primary N) is 1. The second-order valence-electron chi connectivity index (χ2n) is 11.6. The molecule has 1 fully saturated rings. The first-order valence-electron chi connectivity index (χ1n) is 13.2. The first-order valence-corrected chi connectivity index (χ1v) is 14.9. The Bertz CT molecular complexity index is 1560. The number of nitrogens with zero attached hydrogens (tertiary/aromatic N) is 3. The van der Waals surface area contributed by atoms with E-state index in [-0.39, 0.29) is 29.0 Å². The lowest BCUT2D eigenvalue weighted by Crippen LogP contribution is -2.43. The summed E-state index contributed by atoms with van der Waals surface area (Å²) in [5.74, 6) is 1.15. The molecule has 5 rings (SSSR count). The first kappa shape index (κ1) is 27.3. The quantitative estimate of drug-likeness (QED) is 0.405. The average Bonchev–Trinajstić information content (AvgIpc) is 2.83. The summed E-state index contributed by atoms with van der Waals surface area (Å²) in [4.78, 5) is 26.3. The van der Waals surface area contributed by atoms with Crippen molar-refractivity contribution in [2.75, 3.05) is 11.1 Å². The fourth-order valence-electron chi connectivity index (χ4n) is 4.98. The van der Waals surface area contributed by atoms with E-state index in [1.807, 2.05) is 40.7 Å². The molecule has 1 aliphatic heterocycles. The number of fused-ring (bicyclic) bond motifs is 2. The molecule has 1 saturated carbocycles. The third-order valence-corrected chi connectivity index (χ3v) is 10.1. The van der Waals surface area contributed by atoms with Gasteiger partial charge in [0.25, 0.3) is 0 Å². The van der Waals surface area contributed by atoms with Gasteiger partial charge in [0.2, 0.25) is 5.88 Å². The molecule has 208 valence electrons. The van der Waals surface area contributed by atoms with E-state index in [4.69, 9.17) is 20.2 Å². The predicted molar refractivity (Wildman–Crippen MR) is 149 cm³/mol. The molecule has 0 radical (unpaired) electrons. The smallest absolute Gasteiger partial charge is 0.340 e. The number of hydrogen-bond donors (Lipinski definition) is 2. The van der Waals surface area contributed by atoms with E-state index in [0.29, 0.717) is 47.0 Å². The highest BCUT2D eigenvalue weighted by atomic mass is 32.2. The highest BCUT2D eigenvalue weighted by molar-refractivity contribution is 7.92. The SMILES string of the molecule is CCS(=O)(=O)C1CC(Oc2ncc(C(C)(C)N)c3cc(Nc4ccc5c(n4)[C@@H](C)C(C)(C)OC5=O)ncc23)C1. The highest BCUT2D eigenvalue weighted by Crippen LogP contribution is 2.39. The molecule has 10 nitrogen and oxygen atoms in total. The zero-order valence-electron chi connectivity index (χ0n) is 23.1. The van der Waals surface area contributed by atoms with Gasteiger partial charge in [-0.3, -0.25) is 0 Å². The second-order valence-corrected chi connectivity index (χ2v) is 14.1. The van der Waals surface area contributed by atoms with Crippen LogP contribution in [-0.2, 0) is 20.1 Å². The molecule has 11 heteroatoms. The maximum atomic E-state index is 12.5. The summed E-state index contributed by atoms with van der Waals surface area (Å²) < 4.78 is 36.0. The Balaban J connectivity index is 1.46. The summed E-state index contributed by atoms with van der Waals surface area (Å²) >= 11 is 0. The van der Waals surface area contributed by atoms with E-state index in [9.17, 15) is 13.2 Å². The van der Waals surface area contributed by atoms with Gasteiger partial charge in [0.05, 0.1) is 21.9 Å². The lowest BCUT2D eigenvalue weighted by molar-refractivity contribution is -0.0189. The van der Waals surface area contributed by atoms with Crippen LogP contribution in [0.25, 0.3) is 10.8 Å². The average molecular weight is 554 g/mol. The number of ether oxygens (including phenoxy) is 2. The molecule has 0 aromatic carbocycles. The van der Waals surface area contributed by atoms with Crippen molar-refractivity contribution in [2.45, 2.75) is 82.8 Å². The topological polar surface area (TPSA) is 146 Å². The summed E-state index contributed by atoms with van der Waals surface area (Å²) in [6, 6.07) is 5.32. The van der Waals surface area contributed by atoms with Crippen molar-refractivity contribution in [2.24, 2.45) is 5.73 Å². The minimum absolute atomic E-state index is 0.0923. The summed E-state index contributed by atoms with van der Waals surface area (Å²) in [6.07, 6.45) is 4.05. The number of cyclic esters (lactones) is 1. The van der Waals surface area contributed by atoms with Crippen LogP contribution in [0.2, 0.25) is 0 Å². The van der Waals surface area contributed by atoms with Gasteiger partial charge in [-0.15, -0.1) is 0 Å². The highest BCUT2D eigenvalue weighted by Gasteiger charge is 2.41. The second kappa shape index (κ2) is 9.41. The van der Waals surface area contributed by atoms with Gasteiger partial charge in [-0.25, -0.2) is 28.2 Å². The van der Waals surface area contributed by atoms with Gasteiger partial charge in [0.1, 0.15) is 23.3 Å². The number of sulfone groups is 1. The van der Waals surface area contributed by atoms with Crippen LogP contribution in [0.15, 0.2) is 30.6 Å². The van der Waals surface area contributed by atoms with Gasteiger partial charge >= 0.3 is 5.97 Å². The number of aromatic nitrogens is 3. The number of rotatable bonds is 7. The Kier molecular flexibility index (Phi) is 6.58. The Labute approximate surface area is 228 Å². The van der Waals surface area contributed by atoms with Gasteiger partial charge in [0, 0.05) is 42.4 Å². The van der Waals surface area contributed by atoms with Crippen molar-refractivity contribution < 1.29 is 22.7 Å². The molecule has 2 aliphatic rings. The zero-order valence-corrected chi connectivity index (χ0v) is 23.9. The van der Waals surface area contributed by atoms with Gasteiger partial charge in [-0.2, -0.15) is 0 Å². The van der Waals surface area contributed by atoms with Crippen molar-refractivity contribution in [1.29, 1.82) is 0 Å². The van der Waals surface area contributed by atoms with Crippen LogP contribution in [-0.4, -0.2) is 52.0 Å². The van der Waals surface area contributed by atoms with Crippen LogP contribution in [0.4, 0.5) is 11.6 Å². The zero-order chi connectivity index (χ0) is 28.3. The molecule has 0 saturated heterocycles. The van der Waals surface area contributed by atoms with Gasteiger partial charge in [-0.1, -0.05) is 13.8 Å². The molecule has 0 bridgehead atoms. The number of esters is 1. The van der Waals surface area contributed by atoms with Gasteiger partial charge in [0.15, 0.2) is 9.84 Å². The van der Waals surface area contributed by atoms with Crippen molar-refractivity contribution in [1.82, 2.24) is 15.0 Å². The predicted octanol–water partition coefficient (Wildman–Crippen LogP) is 4.36. The van der Waals surface area contributed by atoms with E-state index in [2.05, 4.69) is 15.3 Å². The van der Waals surface area contributed by atoms with Crippen LogP contribution in [0.5, 0.6) is 5.88 Å². The minimum atomic E-state index is -3.08. The van der Waals surface area contributed by atoms with E-state index < -0.39 is 21.0 Å². The fourth-order valence-corrected chi connectivity index (χ4v) is 6.46. The Hall–Kier alpha value is -3.31. The minimum Gasteiger partial charge on any atom is -0.474 e. The van der Waals surface area contributed by atoms with Crippen LogP contribution >= 0.6 is 0 Å². The molecule has 0 amide bonds. The van der Waals surface area contributed by atoms with Crippen molar-refractivity contribution in [3.8, 4) is 5.88 Å². The molecule has 1 atom stereocenters. The van der Waals surface area contributed by atoms with E-state index in [1.54, 1.807) is 31.5 Å². The Morgan fingerprint density at radius 1 is 1.15 bits per heavy atom. The number of anilines is 2. The summed E-state index contributed by atoms with van der Waals surface area (Å²) in [6.45, 7) is 11.2. The summed E-state index contributed by atoms with van der Waals surface area (Å²) in [5, 5.41) is 4.40. The normalized spacial score (nSPS) is 22.5. The number of carbonyl (C=O) groups excluding carboxylic acids is 1. The number of pyridine rings is 3. The molecule has 0 unspecified atom stereocenters. The number of hydrogen-bond acceptors (Lipinski definition) is 10. The Morgan fingerprint density at radius 2 is 1.87 bits per heavy atom. The van der Waals surface area contributed by atoms with Crippen molar-refractivity contribution in [3.63, 3.8) is 0 Å². The third-order valence-electron chi connectivity index (χ3n) is 7.88. The molecule has 3 aromatic heterocycles. The van der Waals surface area contributed by atoms with E-state index in [1.165, 1.54) is 0 Å². The number of nitrogens with one attached hydrogen (secondary N) is 1. The standard InChI is InChI=1S/C28H35N5O5S/c1-7-39(35,36)17-10-16(11-17)37-25-20-13-30-23(12-19(20)21(14-31-25)27(3,4)29)32-22-9-8-18-24(33-22)15(2)28(5,6)38-26(18)34/h8-9,12-17H,7,10-11,29H2,1-6H3,(H,30,32,33)/t15-,16?,17?/m1/s1. The van der Waals surface area contributed by atoms with Crippen molar-refractivity contribution >= 4 is 38.2 Å². The largest absolute Gasteiger partial charge is 0.474 e. The molecule has 39 heavy (non-hydrogen) atoms. The van der Waals surface area contributed by atoms with Crippen LogP contribution < -0.4 is 15.8 Å². The van der Waals surface area contributed by atoms with E-state index in [0.717, 1.165) is 10.9 Å². The monoisotopic (exact) mass is 553 g/mol. The summed E-state index contributed by atoms with van der Waals surface area (Å²) in [5.41, 5.74) is 7.08. The Morgan fingerprint density at radius 3 is 2.54 bits per heavy atom. The fraction of sp³-hybridized carbons (Fsp3) is 0.500. The first-order chi connectivity index (χ1) is 18.2. The maximum Gasteiger partial charge on any atom is 0.340 e. The molecule has 4 heterocycles. The lowest BCUT2D eigenvalue weighted by Gasteiger charge is -2.36. The molecular weight excluding hydrogens is 518 g/mol. The van der Waals surface area contributed by atoms with Gasteiger partial charge < -0.3 is 20.5 Å². The van der Waals surface area contributed by atoms with Crippen LogP contribution in [0, 0.1) is 0 Å². The molecule has 0 spiro atoms. The van der Waals surface area contributed by atoms with Crippen LogP contribution in [0.3, 0.4) is 0 Å². The van der Waals surface area contributed by atoms with Crippen LogP contribution in [0.1, 0.15) is 81.9 Å². The molecule has 1 aliphatic carbocycles. The number of carbonyl (C=O) groups is 1. The lowest BCUT2D eigenvalue weighted by atomic mass is 9.84. The maximum absolute atomic E-state index is 12.5. The third kappa shape index (κ3) is 5.05. The van der Waals surface area contributed by atoms with E-state index >= 15 is 0 Å². The van der Waals surface area contributed by atoms with Crippen molar-refractivity contribution in [3.05, 3.63) is 47.4 Å². The summed E-state index contributed by atoms with van der Waals surface area (Å²) in [7, 11) is -3.08.